The van der Waals surface area contributed by atoms with Crippen LogP contribution in [0.4, 0.5) is 0 Å². The molecule has 2 rings (SSSR count). The summed E-state index contributed by atoms with van der Waals surface area (Å²) >= 11 is 4.97. The van der Waals surface area contributed by atoms with Crippen LogP contribution >= 0.6 is 12.2 Å². The molecule has 0 fully saturated rings. The van der Waals surface area contributed by atoms with Crippen LogP contribution in [-0.2, 0) is 0 Å². The van der Waals surface area contributed by atoms with Gasteiger partial charge >= 0.3 is 0 Å². The van der Waals surface area contributed by atoms with Crippen LogP contribution in [0.3, 0.4) is 0 Å². The van der Waals surface area contributed by atoms with Gasteiger partial charge < -0.3 is 4.74 Å². The Morgan fingerprint density at radius 1 is 1.59 bits per heavy atom. The summed E-state index contributed by atoms with van der Waals surface area (Å²) in [6.07, 6.45) is 3.22. The van der Waals surface area contributed by atoms with Crippen molar-refractivity contribution in [2.45, 2.75) is 6.92 Å². The van der Waals surface area contributed by atoms with E-state index in [1.165, 1.54) is 11.0 Å². The third kappa shape index (κ3) is 3.01. The van der Waals surface area contributed by atoms with E-state index in [0.29, 0.717) is 11.4 Å². The van der Waals surface area contributed by atoms with Gasteiger partial charge in [0.25, 0.3) is 0 Å². The molecule has 0 unspecified atom stereocenters. The molecular formula is C11H12N4OS. The van der Waals surface area contributed by atoms with E-state index in [9.17, 15) is 0 Å². The third-order valence-corrected chi connectivity index (χ3v) is 2.31. The molecule has 0 radical (unpaired) electrons. The fourth-order valence-corrected chi connectivity index (χ4v) is 1.45. The number of aromatic nitrogens is 3. The lowest BCUT2D eigenvalue weighted by Crippen LogP contribution is -1.93. The summed E-state index contributed by atoms with van der Waals surface area (Å²) in [4.78, 5) is 0. The summed E-state index contributed by atoms with van der Waals surface area (Å²) in [5.74, 6) is 0.826. The quantitative estimate of drug-likeness (QED) is 0.666. The molecule has 0 amide bonds. The molecule has 0 saturated carbocycles. The SMILES string of the molecule is CCOc1cccc(/C=N\n2cn[nH]c2=S)c1. The van der Waals surface area contributed by atoms with Gasteiger partial charge in [-0.2, -0.15) is 14.9 Å². The van der Waals surface area contributed by atoms with E-state index in [-0.39, 0.29) is 0 Å². The zero-order valence-corrected chi connectivity index (χ0v) is 10.1. The first-order chi connectivity index (χ1) is 8.29. The molecule has 0 aliphatic heterocycles. The Morgan fingerprint density at radius 2 is 2.47 bits per heavy atom. The smallest absolute Gasteiger partial charge is 0.216 e. The van der Waals surface area contributed by atoms with Crippen LogP contribution in [0.5, 0.6) is 5.75 Å². The number of benzene rings is 1. The molecule has 17 heavy (non-hydrogen) atoms. The molecule has 2 aromatic rings. The predicted molar refractivity (Wildman–Crippen MR) is 68.0 cm³/mol. The van der Waals surface area contributed by atoms with Crippen LogP contribution in [-0.4, -0.2) is 27.7 Å². The number of hydrogen-bond acceptors (Lipinski definition) is 4. The van der Waals surface area contributed by atoms with Gasteiger partial charge in [-0.15, -0.1) is 0 Å². The second-order valence-electron chi connectivity index (χ2n) is 3.26. The van der Waals surface area contributed by atoms with Crippen molar-refractivity contribution in [3.05, 3.63) is 40.9 Å². The number of aromatic amines is 1. The predicted octanol–water partition coefficient (Wildman–Crippen LogP) is 2.22. The van der Waals surface area contributed by atoms with Crippen molar-refractivity contribution in [2.75, 3.05) is 6.61 Å². The lowest BCUT2D eigenvalue weighted by molar-refractivity contribution is 0.340. The second-order valence-corrected chi connectivity index (χ2v) is 3.64. The van der Waals surface area contributed by atoms with E-state index in [1.54, 1.807) is 6.21 Å². The Hall–Kier alpha value is -1.95. The summed E-state index contributed by atoms with van der Waals surface area (Å²) in [6, 6.07) is 7.68. The lowest BCUT2D eigenvalue weighted by atomic mass is 10.2. The Labute approximate surface area is 104 Å². The number of hydrogen-bond donors (Lipinski definition) is 1. The van der Waals surface area contributed by atoms with Gasteiger partial charge in [-0.25, -0.2) is 0 Å². The van der Waals surface area contributed by atoms with Crippen molar-refractivity contribution < 1.29 is 4.74 Å². The molecule has 1 aromatic heterocycles. The van der Waals surface area contributed by atoms with Crippen LogP contribution in [0.25, 0.3) is 0 Å². The molecule has 0 aliphatic rings. The van der Waals surface area contributed by atoms with Gasteiger partial charge in [-0.1, -0.05) is 12.1 Å². The van der Waals surface area contributed by atoms with Crippen LogP contribution in [0.2, 0.25) is 0 Å². The molecule has 0 saturated heterocycles. The normalized spacial score (nSPS) is 10.9. The molecule has 1 N–H and O–H groups in total. The van der Waals surface area contributed by atoms with Gasteiger partial charge in [-0.05, 0) is 36.8 Å². The molecule has 0 aliphatic carbocycles. The largest absolute Gasteiger partial charge is 0.494 e. The average molecular weight is 248 g/mol. The fourth-order valence-electron chi connectivity index (χ4n) is 1.30. The van der Waals surface area contributed by atoms with Gasteiger partial charge in [0.1, 0.15) is 12.1 Å². The maximum atomic E-state index is 5.40. The fraction of sp³-hybridized carbons (Fsp3) is 0.182. The van der Waals surface area contributed by atoms with Crippen LogP contribution in [0.1, 0.15) is 12.5 Å². The Bertz CT molecular complexity index is 573. The zero-order valence-electron chi connectivity index (χ0n) is 9.33. The topological polar surface area (TPSA) is 55.2 Å². The van der Waals surface area contributed by atoms with Crippen LogP contribution in [0.15, 0.2) is 35.7 Å². The first-order valence-electron chi connectivity index (χ1n) is 5.19. The van der Waals surface area contributed by atoms with Crippen molar-refractivity contribution in [3.63, 3.8) is 0 Å². The van der Waals surface area contributed by atoms with Crippen molar-refractivity contribution in [3.8, 4) is 5.75 Å². The maximum Gasteiger partial charge on any atom is 0.216 e. The van der Waals surface area contributed by atoms with Gasteiger partial charge in [0.2, 0.25) is 4.77 Å². The summed E-state index contributed by atoms with van der Waals surface area (Å²) in [5.41, 5.74) is 0.944. The van der Waals surface area contributed by atoms with Crippen LogP contribution in [0, 0.1) is 4.77 Å². The molecule has 6 heteroatoms. The molecule has 5 nitrogen and oxygen atoms in total. The Kier molecular flexibility index (Phi) is 3.66. The van der Waals surface area contributed by atoms with Crippen LogP contribution < -0.4 is 4.74 Å². The van der Waals surface area contributed by atoms with Crippen molar-refractivity contribution in [1.29, 1.82) is 0 Å². The summed E-state index contributed by atoms with van der Waals surface area (Å²) in [5, 5.41) is 10.6. The highest BCUT2D eigenvalue weighted by molar-refractivity contribution is 7.71. The van der Waals surface area contributed by atoms with E-state index >= 15 is 0 Å². The summed E-state index contributed by atoms with van der Waals surface area (Å²) < 4.78 is 7.35. The van der Waals surface area contributed by atoms with E-state index in [1.807, 2.05) is 31.2 Å². The number of rotatable bonds is 4. The number of ether oxygens (including phenoxy) is 1. The lowest BCUT2D eigenvalue weighted by Gasteiger charge is -2.02. The van der Waals surface area contributed by atoms with Crippen molar-refractivity contribution in [2.24, 2.45) is 5.10 Å². The Morgan fingerprint density at radius 3 is 3.18 bits per heavy atom. The summed E-state index contributed by atoms with van der Waals surface area (Å²) in [7, 11) is 0. The molecule has 1 aromatic carbocycles. The maximum absolute atomic E-state index is 5.40. The van der Waals surface area contributed by atoms with E-state index in [0.717, 1.165) is 11.3 Å². The first kappa shape index (κ1) is 11.5. The highest BCUT2D eigenvalue weighted by Crippen LogP contribution is 2.11. The van der Waals surface area contributed by atoms with E-state index in [4.69, 9.17) is 17.0 Å². The van der Waals surface area contributed by atoms with E-state index < -0.39 is 0 Å². The van der Waals surface area contributed by atoms with E-state index in [2.05, 4.69) is 15.3 Å². The van der Waals surface area contributed by atoms with Crippen molar-refractivity contribution in [1.82, 2.24) is 14.9 Å². The molecular weight excluding hydrogens is 236 g/mol. The molecule has 0 bridgehead atoms. The van der Waals surface area contributed by atoms with Gasteiger partial charge in [0.15, 0.2) is 0 Å². The highest BCUT2D eigenvalue weighted by Gasteiger charge is 1.94. The highest BCUT2D eigenvalue weighted by atomic mass is 32.1. The zero-order chi connectivity index (χ0) is 12.1. The molecule has 1 heterocycles. The number of nitrogens with zero attached hydrogens (tertiary/aromatic N) is 3. The minimum atomic E-state index is 0.460. The minimum absolute atomic E-state index is 0.460. The average Bonchev–Trinajstić information content (AvgIpc) is 2.73. The molecule has 0 spiro atoms. The summed E-state index contributed by atoms with van der Waals surface area (Å²) in [6.45, 7) is 2.60. The number of H-pyrrole nitrogens is 1. The Balaban J connectivity index is 2.18. The standard InChI is InChI=1S/C11H12N4OS/c1-2-16-10-5-3-4-9(6-10)7-13-15-8-12-14-11(15)17/h3-8H,2H2,1H3,(H,14,17)/b13-7-. The van der Waals surface area contributed by atoms with Gasteiger partial charge in [0.05, 0.1) is 12.8 Å². The van der Waals surface area contributed by atoms with Gasteiger partial charge in [0, 0.05) is 0 Å². The minimum Gasteiger partial charge on any atom is -0.494 e. The monoisotopic (exact) mass is 248 g/mol. The number of nitrogens with one attached hydrogen (secondary N) is 1. The first-order valence-corrected chi connectivity index (χ1v) is 5.59. The van der Waals surface area contributed by atoms with Gasteiger partial charge in [-0.3, -0.25) is 5.10 Å². The molecule has 88 valence electrons. The second kappa shape index (κ2) is 5.40. The third-order valence-electron chi connectivity index (χ3n) is 2.04. The molecule has 0 atom stereocenters. The van der Waals surface area contributed by atoms with Crippen molar-refractivity contribution >= 4 is 18.4 Å².